The lowest BCUT2D eigenvalue weighted by Gasteiger charge is -2.08. The number of rotatable bonds is 3. The molecule has 0 fully saturated rings. The van der Waals surface area contributed by atoms with Crippen LogP contribution in [0.2, 0.25) is 0 Å². The van der Waals surface area contributed by atoms with Crippen molar-refractivity contribution in [2.75, 3.05) is 6.79 Å². The molecule has 1 aliphatic heterocycles. The lowest BCUT2D eigenvalue weighted by molar-refractivity contribution is 0.133. The first-order chi connectivity index (χ1) is 6.79. The van der Waals surface area contributed by atoms with Crippen molar-refractivity contribution in [1.29, 1.82) is 0 Å². The Kier molecular flexibility index (Phi) is 4.20. The summed E-state index contributed by atoms with van der Waals surface area (Å²) in [5, 5.41) is 8.68. The van der Waals surface area contributed by atoms with Crippen LogP contribution in [0.15, 0.2) is 18.2 Å². The summed E-state index contributed by atoms with van der Waals surface area (Å²) >= 11 is 0. The molecular formula is C10H14ClNO3. The van der Waals surface area contributed by atoms with Crippen LogP contribution in [0.4, 0.5) is 0 Å². The maximum atomic E-state index is 8.68. The van der Waals surface area contributed by atoms with E-state index in [1.165, 1.54) is 0 Å². The van der Waals surface area contributed by atoms with E-state index in [0.29, 0.717) is 6.79 Å². The lowest BCUT2D eigenvalue weighted by Crippen LogP contribution is -2.24. The third kappa shape index (κ3) is 2.75. The molecule has 15 heavy (non-hydrogen) atoms. The molecule has 1 aromatic carbocycles. The predicted octanol–water partition coefficient (Wildman–Crippen LogP) is 1.75. The van der Waals surface area contributed by atoms with Gasteiger partial charge in [-0.15, -0.1) is 12.4 Å². The number of hydroxylamine groups is 1. The van der Waals surface area contributed by atoms with Gasteiger partial charge in [-0.1, -0.05) is 6.07 Å². The summed E-state index contributed by atoms with van der Waals surface area (Å²) in [5.41, 5.74) is 3.32. The van der Waals surface area contributed by atoms with Gasteiger partial charge in [0.15, 0.2) is 11.5 Å². The van der Waals surface area contributed by atoms with Crippen LogP contribution < -0.4 is 15.0 Å². The molecule has 4 nitrogen and oxygen atoms in total. The van der Waals surface area contributed by atoms with Gasteiger partial charge in [-0.3, -0.25) is 0 Å². The Balaban J connectivity index is 0.00000112. The molecule has 0 saturated carbocycles. The van der Waals surface area contributed by atoms with E-state index in [0.717, 1.165) is 23.5 Å². The van der Waals surface area contributed by atoms with E-state index in [-0.39, 0.29) is 18.4 Å². The van der Waals surface area contributed by atoms with Crippen molar-refractivity contribution in [3.05, 3.63) is 23.8 Å². The standard InChI is InChI=1S/C10H13NO3.ClH/c1-7(11-12)4-8-2-3-9-10(5-8)14-6-13-9;/h2-3,5,7,11-12H,4,6H2,1H3;1H. The fourth-order valence-corrected chi connectivity index (χ4v) is 1.47. The maximum absolute atomic E-state index is 8.68. The van der Waals surface area contributed by atoms with Crippen LogP contribution in [0.1, 0.15) is 12.5 Å². The topological polar surface area (TPSA) is 50.7 Å². The molecule has 0 radical (unpaired) electrons. The van der Waals surface area contributed by atoms with E-state index < -0.39 is 0 Å². The number of halogens is 1. The van der Waals surface area contributed by atoms with Crippen molar-refractivity contribution < 1.29 is 14.7 Å². The minimum Gasteiger partial charge on any atom is -0.454 e. The number of hydrogen-bond acceptors (Lipinski definition) is 4. The molecule has 0 saturated heterocycles. The Hall–Kier alpha value is -0.970. The first-order valence-electron chi connectivity index (χ1n) is 4.58. The third-order valence-electron chi connectivity index (χ3n) is 2.20. The van der Waals surface area contributed by atoms with Gasteiger partial charge in [-0.2, -0.15) is 0 Å². The summed E-state index contributed by atoms with van der Waals surface area (Å²) in [5.74, 6) is 1.58. The summed E-state index contributed by atoms with van der Waals surface area (Å²) < 4.78 is 10.4. The molecular weight excluding hydrogens is 218 g/mol. The van der Waals surface area contributed by atoms with Gasteiger partial charge in [0.1, 0.15) is 0 Å². The van der Waals surface area contributed by atoms with Crippen LogP contribution >= 0.6 is 12.4 Å². The number of hydrogen-bond donors (Lipinski definition) is 2. The second-order valence-corrected chi connectivity index (χ2v) is 3.42. The van der Waals surface area contributed by atoms with Crippen molar-refractivity contribution in [2.24, 2.45) is 0 Å². The highest BCUT2D eigenvalue weighted by molar-refractivity contribution is 5.85. The Morgan fingerprint density at radius 3 is 2.87 bits per heavy atom. The van der Waals surface area contributed by atoms with Gasteiger partial charge in [0.25, 0.3) is 0 Å². The zero-order valence-corrected chi connectivity index (χ0v) is 9.21. The van der Waals surface area contributed by atoms with Crippen molar-refractivity contribution in [2.45, 2.75) is 19.4 Å². The molecule has 0 aromatic heterocycles. The molecule has 1 aliphatic rings. The van der Waals surface area contributed by atoms with Crippen LogP contribution in [0.25, 0.3) is 0 Å². The molecule has 2 rings (SSSR count). The normalized spacial score (nSPS) is 14.5. The molecule has 0 amide bonds. The Bertz CT molecular complexity index is 332. The van der Waals surface area contributed by atoms with Gasteiger partial charge in [-0.05, 0) is 31.0 Å². The largest absolute Gasteiger partial charge is 0.454 e. The van der Waals surface area contributed by atoms with E-state index in [4.69, 9.17) is 14.7 Å². The maximum Gasteiger partial charge on any atom is 0.231 e. The molecule has 1 atom stereocenters. The van der Waals surface area contributed by atoms with Crippen molar-refractivity contribution >= 4 is 12.4 Å². The number of fused-ring (bicyclic) bond motifs is 1. The minimum absolute atomic E-state index is 0. The molecule has 84 valence electrons. The first kappa shape index (κ1) is 12.1. The van der Waals surface area contributed by atoms with Crippen molar-refractivity contribution in [1.82, 2.24) is 5.48 Å². The van der Waals surface area contributed by atoms with E-state index >= 15 is 0 Å². The minimum atomic E-state index is 0. The second kappa shape index (κ2) is 5.21. The van der Waals surface area contributed by atoms with E-state index in [2.05, 4.69) is 5.48 Å². The Labute approximate surface area is 94.6 Å². The quantitative estimate of drug-likeness (QED) is 0.779. The SMILES string of the molecule is CC(Cc1ccc2c(c1)OCO2)NO.Cl. The van der Waals surface area contributed by atoms with Gasteiger partial charge in [0.05, 0.1) is 0 Å². The highest BCUT2D eigenvalue weighted by Gasteiger charge is 2.13. The smallest absolute Gasteiger partial charge is 0.231 e. The van der Waals surface area contributed by atoms with Crippen molar-refractivity contribution in [3.8, 4) is 11.5 Å². The van der Waals surface area contributed by atoms with E-state index in [9.17, 15) is 0 Å². The van der Waals surface area contributed by atoms with Crippen LogP contribution in [0.3, 0.4) is 0 Å². The van der Waals surface area contributed by atoms with E-state index in [1.54, 1.807) is 0 Å². The highest BCUT2D eigenvalue weighted by Crippen LogP contribution is 2.32. The summed E-state index contributed by atoms with van der Waals surface area (Å²) in [6, 6.07) is 5.84. The fraction of sp³-hybridized carbons (Fsp3) is 0.400. The van der Waals surface area contributed by atoms with Gasteiger partial charge in [-0.25, -0.2) is 5.48 Å². The Morgan fingerprint density at radius 1 is 1.40 bits per heavy atom. The van der Waals surface area contributed by atoms with Gasteiger partial charge >= 0.3 is 0 Å². The van der Waals surface area contributed by atoms with E-state index in [1.807, 2.05) is 25.1 Å². The first-order valence-corrected chi connectivity index (χ1v) is 4.58. The molecule has 2 N–H and O–H groups in total. The zero-order valence-electron chi connectivity index (χ0n) is 8.40. The average Bonchev–Trinajstić information content (AvgIpc) is 2.64. The van der Waals surface area contributed by atoms with Gasteiger partial charge in [0.2, 0.25) is 6.79 Å². The lowest BCUT2D eigenvalue weighted by atomic mass is 10.1. The average molecular weight is 232 g/mol. The van der Waals surface area contributed by atoms with Gasteiger partial charge in [0, 0.05) is 6.04 Å². The molecule has 0 bridgehead atoms. The Morgan fingerprint density at radius 2 is 2.13 bits per heavy atom. The molecule has 5 heteroatoms. The summed E-state index contributed by atoms with van der Waals surface area (Å²) in [6.45, 7) is 2.21. The van der Waals surface area contributed by atoms with Crippen LogP contribution in [0, 0.1) is 0 Å². The number of benzene rings is 1. The monoisotopic (exact) mass is 231 g/mol. The zero-order chi connectivity index (χ0) is 9.97. The van der Waals surface area contributed by atoms with Crippen LogP contribution in [0.5, 0.6) is 11.5 Å². The molecule has 1 aromatic rings. The summed E-state index contributed by atoms with van der Waals surface area (Å²) in [7, 11) is 0. The fourth-order valence-electron chi connectivity index (χ4n) is 1.47. The third-order valence-corrected chi connectivity index (χ3v) is 2.20. The summed E-state index contributed by atoms with van der Waals surface area (Å²) in [4.78, 5) is 0. The molecule has 1 heterocycles. The van der Waals surface area contributed by atoms with Crippen LogP contribution in [-0.2, 0) is 6.42 Å². The number of ether oxygens (including phenoxy) is 2. The van der Waals surface area contributed by atoms with Crippen molar-refractivity contribution in [3.63, 3.8) is 0 Å². The molecule has 0 spiro atoms. The van der Waals surface area contributed by atoms with Crippen LogP contribution in [-0.4, -0.2) is 18.0 Å². The number of nitrogens with one attached hydrogen (secondary N) is 1. The van der Waals surface area contributed by atoms with Gasteiger partial charge < -0.3 is 14.7 Å². The summed E-state index contributed by atoms with van der Waals surface area (Å²) in [6.07, 6.45) is 0.757. The second-order valence-electron chi connectivity index (χ2n) is 3.42. The predicted molar refractivity (Wildman–Crippen MR) is 57.9 cm³/mol. The molecule has 1 unspecified atom stereocenters. The molecule has 0 aliphatic carbocycles. The highest BCUT2D eigenvalue weighted by atomic mass is 35.5.